The number of halogens is 3. The summed E-state index contributed by atoms with van der Waals surface area (Å²) >= 11 is 0. The lowest BCUT2D eigenvalue weighted by Crippen LogP contribution is -2.44. The number of aliphatic hydroxyl groups is 2. The Bertz CT molecular complexity index is 1420. The monoisotopic (exact) mass is 588 g/mol. The van der Waals surface area contributed by atoms with E-state index in [9.17, 15) is 27.9 Å². The Morgan fingerprint density at radius 1 is 1.00 bits per heavy atom. The van der Waals surface area contributed by atoms with E-state index in [0.717, 1.165) is 11.6 Å². The normalized spacial score (nSPS) is 13.3. The molecule has 3 aromatic rings. The lowest BCUT2D eigenvalue weighted by atomic mass is 9.86. The predicted octanol–water partition coefficient (Wildman–Crippen LogP) is 5.22. The third-order valence-electron chi connectivity index (χ3n) is 6.82. The van der Waals surface area contributed by atoms with E-state index in [-0.39, 0.29) is 41.5 Å². The van der Waals surface area contributed by atoms with E-state index < -0.39 is 47.5 Å². The third-order valence-corrected chi connectivity index (χ3v) is 6.82. The van der Waals surface area contributed by atoms with Crippen LogP contribution in [-0.2, 0) is 15.9 Å². The molecule has 3 N–H and O–H groups in total. The molecule has 1 atom stereocenters. The minimum Gasteiger partial charge on any atom is -0.493 e. The summed E-state index contributed by atoms with van der Waals surface area (Å²) in [5.41, 5.74) is -3.34. The van der Waals surface area contributed by atoms with E-state index in [4.69, 9.17) is 14.6 Å². The van der Waals surface area contributed by atoms with Gasteiger partial charge in [0.25, 0.3) is 0 Å². The number of carbonyl (C=O) groups excluding carboxylic acids is 2. The van der Waals surface area contributed by atoms with Gasteiger partial charge in [0.05, 0.1) is 30.6 Å². The Morgan fingerprint density at radius 3 is 2.24 bits per heavy atom. The third kappa shape index (κ3) is 7.46. The molecule has 0 aliphatic heterocycles. The van der Waals surface area contributed by atoms with E-state index in [2.05, 4.69) is 10.3 Å². The number of benzene rings is 2. The molecule has 226 valence electrons. The molecule has 42 heavy (non-hydrogen) atoms. The first kappa shape index (κ1) is 32.6. The van der Waals surface area contributed by atoms with Gasteiger partial charge in [0.15, 0.2) is 17.3 Å². The highest BCUT2D eigenvalue weighted by Gasteiger charge is 2.56. The summed E-state index contributed by atoms with van der Waals surface area (Å²) in [4.78, 5) is 29.1. The number of amides is 1. The molecule has 0 radical (unpaired) electrons. The number of hydrogen-bond acceptors (Lipinski definition) is 7. The standard InChI is InChI=1S/C31H35F3N2O6/c1-19-6-8-21(9-7-19)24-17-23(29(3,4)36-20(2)38)18-28(35-24)30(40,31(32,33)34)13-12-25(39)22-10-11-26(42-15-14-37)27(16-22)41-5/h6-11,16-18,37,40H,12-15H2,1-5H3,(H,36,38). The van der Waals surface area contributed by atoms with Crippen molar-refractivity contribution in [2.45, 2.75) is 57.9 Å². The van der Waals surface area contributed by atoms with Gasteiger partial charge in [0, 0.05) is 24.5 Å². The van der Waals surface area contributed by atoms with Gasteiger partial charge in [-0.25, -0.2) is 4.98 Å². The highest BCUT2D eigenvalue weighted by molar-refractivity contribution is 5.96. The molecule has 3 rings (SSSR count). The molecule has 1 heterocycles. The Hall–Kier alpha value is -3.96. The Kier molecular flexibility index (Phi) is 10.0. The second-order valence-corrected chi connectivity index (χ2v) is 10.5. The topological polar surface area (TPSA) is 118 Å². The summed E-state index contributed by atoms with van der Waals surface area (Å²) in [7, 11) is 1.34. The molecule has 0 aliphatic rings. The molecule has 1 aromatic heterocycles. The Balaban J connectivity index is 2.05. The van der Waals surface area contributed by atoms with Crippen LogP contribution in [0, 0.1) is 6.92 Å². The van der Waals surface area contributed by atoms with Gasteiger partial charge in [-0.2, -0.15) is 13.2 Å². The summed E-state index contributed by atoms with van der Waals surface area (Å²) < 4.78 is 54.4. The second-order valence-electron chi connectivity index (χ2n) is 10.5. The van der Waals surface area contributed by atoms with Crippen molar-refractivity contribution in [2.24, 2.45) is 0 Å². The molecule has 1 unspecified atom stereocenters. The highest BCUT2D eigenvalue weighted by atomic mass is 19.4. The van der Waals surface area contributed by atoms with Crippen molar-refractivity contribution in [1.29, 1.82) is 0 Å². The highest BCUT2D eigenvalue weighted by Crippen LogP contribution is 2.44. The van der Waals surface area contributed by atoms with Crippen LogP contribution in [0.15, 0.2) is 54.6 Å². The number of hydrogen-bond donors (Lipinski definition) is 3. The van der Waals surface area contributed by atoms with E-state index in [1.165, 1.54) is 32.2 Å². The van der Waals surface area contributed by atoms with Crippen LogP contribution in [0.2, 0.25) is 0 Å². The lowest BCUT2D eigenvalue weighted by molar-refractivity contribution is -0.270. The number of aliphatic hydroxyl groups excluding tert-OH is 1. The maximum atomic E-state index is 14.6. The predicted molar refractivity (Wildman–Crippen MR) is 150 cm³/mol. The van der Waals surface area contributed by atoms with Gasteiger partial charge in [0.2, 0.25) is 11.5 Å². The zero-order valence-corrected chi connectivity index (χ0v) is 24.1. The fraction of sp³-hybridized carbons (Fsp3) is 0.387. The van der Waals surface area contributed by atoms with Crippen molar-refractivity contribution >= 4 is 11.7 Å². The molecule has 11 heteroatoms. The Labute approximate surface area is 242 Å². The van der Waals surface area contributed by atoms with Crippen LogP contribution in [0.1, 0.15) is 60.8 Å². The number of alkyl halides is 3. The SMILES string of the molecule is COc1cc(C(=O)CCC(O)(c2cc(C(C)(C)NC(C)=O)cc(-c3ccc(C)cc3)n2)C(F)(F)F)ccc1OCCO. The van der Waals surface area contributed by atoms with Crippen molar-refractivity contribution in [2.75, 3.05) is 20.3 Å². The zero-order valence-electron chi connectivity index (χ0n) is 24.1. The summed E-state index contributed by atoms with van der Waals surface area (Å²) in [6, 6.07) is 13.8. The van der Waals surface area contributed by atoms with Crippen LogP contribution < -0.4 is 14.8 Å². The average Bonchev–Trinajstić information content (AvgIpc) is 2.93. The second kappa shape index (κ2) is 12.9. The number of methoxy groups -OCH3 is 1. The smallest absolute Gasteiger partial charge is 0.422 e. The van der Waals surface area contributed by atoms with Crippen LogP contribution >= 0.6 is 0 Å². The number of carbonyl (C=O) groups is 2. The molecule has 0 fully saturated rings. The first-order valence-electron chi connectivity index (χ1n) is 13.2. The molecule has 0 spiro atoms. The summed E-state index contributed by atoms with van der Waals surface area (Å²) in [5.74, 6) is -0.646. The van der Waals surface area contributed by atoms with Gasteiger partial charge in [-0.3, -0.25) is 9.59 Å². The van der Waals surface area contributed by atoms with Crippen molar-refractivity contribution < 1.29 is 42.4 Å². The van der Waals surface area contributed by atoms with Gasteiger partial charge < -0.3 is 25.0 Å². The fourth-order valence-corrected chi connectivity index (χ4v) is 4.46. The van der Waals surface area contributed by atoms with Crippen LogP contribution in [0.25, 0.3) is 11.3 Å². The number of aryl methyl sites for hydroxylation is 1. The molecular formula is C31H35F3N2O6. The number of nitrogens with zero attached hydrogens (tertiary/aromatic N) is 1. The number of pyridine rings is 1. The van der Waals surface area contributed by atoms with Crippen LogP contribution in [-0.4, -0.2) is 53.4 Å². The van der Waals surface area contributed by atoms with E-state index in [0.29, 0.717) is 5.56 Å². The van der Waals surface area contributed by atoms with Gasteiger partial charge >= 0.3 is 6.18 Å². The fourth-order valence-electron chi connectivity index (χ4n) is 4.46. The number of ether oxygens (including phenoxy) is 2. The lowest BCUT2D eigenvalue weighted by Gasteiger charge is -2.33. The first-order valence-corrected chi connectivity index (χ1v) is 13.2. The maximum absolute atomic E-state index is 14.6. The van der Waals surface area contributed by atoms with Crippen LogP contribution in [0.4, 0.5) is 13.2 Å². The van der Waals surface area contributed by atoms with Gasteiger partial charge in [-0.1, -0.05) is 29.8 Å². The van der Waals surface area contributed by atoms with Crippen molar-refractivity contribution in [1.82, 2.24) is 10.3 Å². The van der Waals surface area contributed by atoms with Gasteiger partial charge in [0.1, 0.15) is 6.61 Å². The van der Waals surface area contributed by atoms with Crippen LogP contribution in [0.3, 0.4) is 0 Å². The first-order chi connectivity index (χ1) is 19.6. The number of ketones is 1. The number of rotatable bonds is 12. The summed E-state index contributed by atoms with van der Waals surface area (Å²) in [6.07, 6.45) is -6.87. The molecule has 2 aromatic carbocycles. The van der Waals surface area contributed by atoms with E-state index >= 15 is 0 Å². The molecule has 1 amide bonds. The van der Waals surface area contributed by atoms with Crippen molar-refractivity contribution in [3.05, 3.63) is 77.0 Å². The van der Waals surface area contributed by atoms with Crippen LogP contribution in [0.5, 0.6) is 11.5 Å². The molecule has 0 bridgehead atoms. The number of nitrogens with one attached hydrogen (secondary N) is 1. The molecule has 0 saturated carbocycles. The quantitative estimate of drug-likeness (QED) is 0.248. The van der Waals surface area contributed by atoms with Gasteiger partial charge in [-0.05, 0) is 63.1 Å². The van der Waals surface area contributed by atoms with E-state index in [1.807, 2.05) is 6.92 Å². The van der Waals surface area contributed by atoms with E-state index in [1.54, 1.807) is 44.2 Å². The van der Waals surface area contributed by atoms with Crippen molar-refractivity contribution in [3.63, 3.8) is 0 Å². The summed E-state index contributed by atoms with van der Waals surface area (Å²) in [6.45, 7) is 6.15. The number of aromatic nitrogens is 1. The average molecular weight is 589 g/mol. The Morgan fingerprint density at radius 2 is 1.67 bits per heavy atom. The maximum Gasteiger partial charge on any atom is 0.422 e. The minimum atomic E-state index is -5.19. The number of Topliss-reactive ketones (excluding diaryl/α,β-unsaturated/α-hetero) is 1. The van der Waals surface area contributed by atoms with Crippen molar-refractivity contribution in [3.8, 4) is 22.8 Å². The zero-order chi connectivity index (χ0) is 31.3. The molecular weight excluding hydrogens is 553 g/mol. The minimum absolute atomic E-state index is 0.0162. The molecule has 8 nitrogen and oxygen atoms in total. The van der Waals surface area contributed by atoms with Gasteiger partial charge in [-0.15, -0.1) is 0 Å². The summed E-state index contributed by atoms with van der Waals surface area (Å²) in [5, 5.41) is 22.9. The largest absolute Gasteiger partial charge is 0.493 e. The molecule has 0 aliphatic carbocycles. The molecule has 0 saturated heterocycles.